The number of amides is 1. The summed E-state index contributed by atoms with van der Waals surface area (Å²) in [4.78, 5) is 13.7. The van der Waals surface area contributed by atoms with Crippen LogP contribution in [0.3, 0.4) is 0 Å². The topological polar surface area (TPSA) is 20.3 Å². The van der Waals surface area contributed by atoms with E-state index < -0.39 is 17.6 Å². The van der Waals surface area contributed by atoms with Crippen molar-refractivity contribution in [3.8, 4) is 0 Å². The molecule has 21 heavy (non-hydrogen) atoms. The van der Waals surface area contributed by atoms with E-state index in [4.69, 9.17) is 11.6 Å². The quantitative estimate of drug-likeness (QED) is 0.700. The zero-order chi connectivity index (χ0) is 15.8. The van der Waals surface area contributed by atoms with E-state index >= 15 is 0 Å². The molecule has 0 heterocycles. The lowest BCUT2D eigenvalue weighted by Gasteiger charge is -2.34. The molecule has 0 aromatic heterocycles. The van der Waals surface area contributed by atoms with Gasteiger partial charge in [-0.25, -0.2) is 0 Å². The Morgan fingerprint density at radius 2 is 2.05 bits per heavy atom. The minimum absolute atomic E-state index is 0.0223. The Morgan fingerprint density at radius 3 is 2.57 bits per heavy atom. The zero-order valence-electron chi connectivity index (χ0n) is 11.3. The fraction of sp³-hybridized carbons (Fsp3) is 0.500. The molecule has 0 spiro atoms. The normalized spacial score (nSPS) is 21.8. The van der Waals surface area contributed by atoms with Crippen LogP contribution in [-0.2, 0) is 6.18 Å². The van der Waals surface area contributed by atoms with Crippen LogP contribution in [0, 0.1) is 5.92 Å². The van der Waals surface area contributed by atoms with Crippen molar-refractivity contribution in [2.45, 2.75) is 24.4 Å². The van der Waals surface area contributed by atoms with Gasteiger partial charge in [0, 0.05) is 23.4 Å². The van der Waals surface area contributed by atoms with E-state index in [1.165, 1.54) is 11.0 Å². The van der Waals surface area contributed by atoms with Gasteiger partial charge in [-0.15, -0.1) is 11.6 Å². The lowest BCUT2D eigenvalue weighted by Crippen LogP contribution is -2.38. The highest BCUT2D eigenvalue weighted by Crippen LogP contribution is 2.34. The molecule has 7 heteroatoms. The number of carbonyl (C=O) groups is 1. The Hall–Kier alpha value is -0.750. The van der Waals surface area contributed by atoms with Gasteiger partial charge in [-0.1, -0.05) is 0 Å². The highest BCUT2D eigenvalue weighted by Gasteiger charge is 2.33. The maximum absolute atomic E-state index is 12.7. The molecular formula is C14H14BrClF3NO. The van der Waals surface area contributed by atoms with Gasteiger partial charge in [0.05, 0.1) is 11.1 Å². The Balaban J connectivity index is 2.14. The van der Waals surface area contributed by atoms with Gasteiger partial charge in [-0.3, -0.25) is 4.79 Å². The van der Waals surface area contributed by atoms with Crippen LogP contribution in [0.4, 0.5) is 13.2 Å². The fourth-order valence-corrected chi connectivity index (χ4v) is 3.26. The van der Waals surface area contributed by atoms with Crippen molar-refractivity contribution in [1.82, 2.24) is 4.90 Å². The molecule has 1 fully saturated rings. The standard InChI is InChI=1S/C14H14BrClF3NO/c1-20(7-8-4-10(16)5-8)13(21)11-6-9(14(17,18)19)2-3-12(11)15/h2-3,6,8,10H,4-5,7H2,1H3. The molecular weight excluding hydrogens is 371 g/mol. The molecule has 1 aliphatic carbocycles. The van der Waals surface area contributed by atoms with Crippen LogP contribution in [0.25, 0.3) is 0 Å². The first-order valence-electron chi connectivity index (χ1n) is 6.44. The number of alkyl halides is 4. The number of nitrogens with zero attached hydrogens (tertiary/aromatic N) is 1. The van der Waals surface area contributed by atoms with Crippen LogP contribution in [0.1, 0.15) is 28.8 Å². The minimum Gasteiger partial charge on any atom is -0.341 e. The van der Waals surface area contributed by atoms with Gasteiger partial charge in [0.2, 0.25) is 0 Å². The number of hydrogen-bond acceptors (Lipinski definition) is 1. The average molecular weight is 385 g/mol. The Labute approximate surface area is 134 Å². The molecule has 0 atom stereocenters. The third-order valence-corrected chi connectivity index (χ3v) is 4.63. The second-order valence-electron chi connectivity index (χ2n) is 5.31. The van der Waals surface area contributed by atoms with Crippen molar-refractivity contribution in [3.05, 3.63) is 33.8 Å². The summed E-state index contributed by atoms with van der Waals surface area (Å²) in [7, 11) is 1.59. The van der Waals surface area contributed by atoms with Gasteiger partial charge in [0.1, 0.15) is 0 Å². The van der Waals surface area contributed by atoms with Crippen LogP contribution in [0.2, 0.25) is 0 Å². The summed E-state index contributed by atoms with van der Waals surface area (Å²) in [6, 6.07) is 3.08. The van der Waals surface area contributed by atoms with Crippen LogP contribution in [0.5, 0.6) is 0 Å². The van der Waals surface area contributed by atoms with E-state index in [2.05, 4.69) is 15.9 Å². The average Bonchev–Trinajstić information content (AvgIpc) is 2.35. The van der Waals surface area contributed by atoms with Crippen LogP contribution < -0.4 is 0 Å². The summed E-state index contributed by atoms with van der Waals surface area (Å²) < 4.78 is 38.5. The van der Waals surface area contributed by atoms with E-state index in [0.717, 1.165) is 25.0 Å². The zero-order valence-corrected chi connectivity index (χ0v) is 13.6. The van der Waals surface area contributed by atoms with Gasteiger partial charge < -0.3 is 4.90 Å². The maximum Gasteiger partial charge on any atom is 0.416 e. The van der Waals surface area contributed by atoms with Crippen LogP contribution >= 0.6 is 27.5 Å². The molecule has 1 aliphatic rings. The molecule has 0 unspecified atom stereocenters. The number of carbonyl (C=O) groups excluding carboxylic acids is 1. The highest BCUT2D eigenvalue weighted by molar-refractivity contribution is 9.10. The second-order valence-corrected chi connectivity index (χ2v) is 6.78. The molecule has 0 N–H and O–H groups in total. The third kappa shape index (κ3) is 3.92. The first-order valence-corrected chi connectivity index (χ1v) is 7.67. The summed E-state index contributed by atoms with van der Waals surface area (Å²) in [5.41, 5.74) is -0.805. The Kier molecular flexibility index (Phi) is 4.88. The molecule has 0 saturated heterocycles. The summed E-state index contributed by atoms with van der Waals surface area (Å²) in [5, 5.41) is 0.152. The van der Waals surface area contributed by atoms with Gasteiger partial charge >= 0.3 is 6.18 Å². The largest absolute Gasteiger partial charge is 0.416 e. The van der Waals surface area contributed by atoms with Crippen molar-refractivity contribution >= 4 is 33.4 Å². The molecule has 1 aromatic rings. The molecule has 2 nitrogen and oxygen atoms in total. The first kappa shape index (κ1) is 16.6. The summed E-state index contributed by atoms with van der Waals surface area (Å²) in [5.74, 6) is -0.1000. The molecule has 1 amide bonds. The van der Waals surface area contributed by atoms with Crippen molar-refractivity contribution in [2.75, 3.05) is 13.6 Å². The second kappa shape index (κ2) is 6.16. The van der Waals surface area contributed by atoms with Gasteiger partial charge in [0.15, 0.2) is 0 Å². The third-order valence-electron chi connectivity index (χ3n) is 3.58. The number of rotatable bonds is 3. The first-order chi connectivity index (χ1) is 9.68. The summed E-state index contributed by atoms with van der Waals surface area (Å²) >= 11 is 9.02. The van der Waals surface area contributed by atoms with Crippen LogP contribution in [-0.4, -0.2) is 29.8 Å². The van der Waals surface area contributed by atoms with E-state index in [1.54, 1.807) is 7.05 Å². The summed E-state index contributed by atoms with van der Waals surface area (Å²) in [6.07, 6.45) is -2.79. The Morgan fingerprint density at radius 1 is 1.43 bits per heavy atom. The van der Waals surface area contributed by atoms with Crippen molar-refractivity contribution in [2.24, 2.45) is 5.92 Å². The number of benzene rings is 1. The predicted octanol–water partition coefficient (Wildman–Crippen LogP) is 4.56. The molecule has 1 aromatic carbocycles. The van der Waals surface area contributed by atoms with Gasteiger partial charge in [-0.2, -0.15) is 13.2 Å². The summed E-state index contributed by atoms with van der Waals surface area (Å²) in [6.45, 7) is 0.505. The molecule has 0 bridgehead atoms. The van der Waals surface area contributed by atoms with E-state index in [0.29, 0.717) is 16.9 Å². The SMILES string of the molecule is CN(CC1CC(Cl)C1)C(=O)c1cc(C(F)(F)F)ccc1Br. The highest BCUT2D eigenvalue weighted by atomic mass is 79.9. The van der Waals surface area contributed by atoms with E-state index in [1.807, 2.05) is 0 Å². The Bertz CT molecular complexity index is 544. The lowest BCUT2D eigenvalue weighted by atomic mass is 9.84. The maximum atomic E-state index is 12.7. The smallest absolute Gasteiger partial charge is 0.341 e. The molecule has 0 aliphatic heterocycles. The predicted molar refractivity (Wildman–Crippen MR) is 78.5 cm³/mol. The molecule has 2 rings (SSSR count). The van der Waals surface area contributed by atoms with E-state index in [-0.39, 0.29) is 10.9 Å². The molecule has 0 radical (unpaired) electrons. The van der Waals surface area contributed by atoms with Crippen molar-refractivity contribution < 1.29 is 18.0 Å². The van der Waals surface area contributed by atoms with Crippen molar-refractivity contribution in [1.29, 1.82) is 0 Å². The van der Waals surface area contributed by atoms with Crippen LogP contribution in [0.15, 0.2) is 22.7 Å². The monoisotopic (exact) mass is 383 g/mol. The minimum atomic E-state index is -4.46. The fourth-order valence-electron chi connectivity index (χ4n) is 2.34. The molecule has 116 valence electrons. The number of hydrogen-bond donors (Lipinski definition) is 0. The van der Waals surface area contributed by atoms with E-state index in [9.17, 15) is 18.0 Å². The van der Waals surface area contributed by atoms with Gasteiger partial charge in [0.25, 0.3) is 5.91 Å². The van der Waals surface area contributed by atoms with Crippen molar-refractivity contribution in [3.63, 3.8) is 0 Å². The lowest BCUT2D eigenvalue weighted by molar-refractivity contribution is -0.137. The molecule has 1 saturated carbocycles. The number of halogens is 5. The van der Waals surface area contributed by atoms with Gasteiger partial charge in [-0.05, 0) is 52.9 Å².